The number of carbonyl (C=O) groups is 2. The molecule has 2 aromatic carbocycles. The van der Waals surface area contributed by atoms with Crippen molar-refractivity contribution in [1.29, 1.82) is 0 Å². The van der Waals surface area contributed by atoms with Crippen molar-refractivity contribution in [1.82, 2.24) is 10.2 Å². The van der Waals surface area contributed by atoms with E-state index in [-0.39, 0.29) is 12.3 Å². The highest BCUT2D eigenvalue weighted by molar-refractivity contribution is 5.89. The molecular formula is C21H26N2O5. The summed E-state index contributed by atoms with van der Waals surface area (Å²) in [5.41, 5.74) is 0.958. The number of nitrogens with zero attached hydrogens (tertiary/aromatic N) is 1. The van der Waals surface area contributed by atoms with Gasteiger partial charge in [0, 0.05) is 31.8 Å². The zero-order valence-corrected chi connectivity index (χ0v) is 16.0. The molecule has 0 bridgehead atoms. The topological polar surface area (TPSA) is 88.1 Å². The number of nitrogens with one attached hydrogen (secondary N) is 1. The first-order chi connectivity index (χ1) is 13.6. The van der Waals surface area contributed by atoms with Crippen molar-refractivity contribution in [3.05, 3.63) is 42.0 Å². The Morgan fingerprint density at radius 2 is 2.07 bits per heavy atom. The van der Waals surface area contributed by atoms with Crippen molar-refractivity contribution in [2.45, 2.75) is 25.9 Å². The number of carboxylic acid groups (broad SMARTS) is 1. The summed E-state index contributed by atoms with van der Waals surface area (Å²) in [7, 11) is 0. The Morgan fingerprint density at radius 1 is 1.25 bits per heavy atom. The van der Waals surface area contributed by atoms with Crippen LogP contribution in [0.2, 0.25) is 0 Å². The molecule has 1 saturated heterocycles. The van der Waals surface area contributed by atoms with Gasteiger partial charge in [-0.15, -0.1) is 0 Å². The number of carbonyl (C=O) groups excluding carboxylic acids is 1. The van der Waals surface area contributed by atoms with Gasteiger partial charge in [0.05, 0.1) is 13.0 Å². The Hall–Kier alpha value is -2.64. The lowest BCUT2D eigenvalue weighted by molar-refractivity contribution is -0.143. The highest BCUT2D eigenvalue weighted by Crippen LogP contribution is 2.30. The summed E-state index contributed by atoms with van der Waals surface area (Å²) < 4.78 is 11.3. The van der Waals surface area contributed by atoms with Crippen molar-refractivity contribution in [3.8, 4) is 5.75 Å². The predicted octanol–water partition coefficient (Wildman–Crippen LogP) is 2.03. The van der Waals surface area contributed by atoms with Crippen LogP contribution in [-0.2, 0) is 20.9 Å². The van der Waals surface area contributed by atoms with Crippen LogP contribution in [0.3, 0.4) is 0 Å². The second-order valence-electron chi connectivity index (χ2n) is 6.68. The van der Waals surface area contributed by atoms with Crippen molar-refractivity contribution >= 4 is 22.6 Å². The average Bonchev–Trinajstić information content (AvgIpc) is 2.69. The fourth-order valence-electron chi connectivity index (χ4n) is 3.51. The molecule has 28 heavy (non-hydrogen) atoms. The molecule has 1 fully saturated rings. The fourth-order valence-corrected chi connectivity index (χ4v) is 3.51. The maximum atomic E-state index is 12.3. The van der Waals surface area contributed by atoms with Crippen LogP contribution >= 0.6 is 0 Å². The molecule has 0 aromatic heterocycles. The van der Waals surface area contributed by atoms with E-state index in [1.54, 1.807) is 0 Å². The maximum Gasteiger partial charge on any atom is 0.305 e. The molecule has 2 aromatic rings. The number of ether oxygens (including phenoxy) is 2. The highest BCUT2D eigenvalue weighted by atomic mass is 16.5. The van der Waals surface area contributed by atoms with Crippen molar-refractivity contribution in [2.75, 3.05) is 32.9 Å². The second-order valence-corrected chi connectivity index (χ2v) is 6.68. The SMILES string of the molecule is CCOCCOc1ccc2ccccc2c1CN1CCNC(=O)C1CC(=O)O. The molecule has 0 aliphatic carbocycles. The van der Waals surface area contributed by atoms with E-state index in [0.29, 0.717) is 39.5 Å². The van der Waals surface area contributed by atoms with Gasteiger partial charge in [-0.3, -0.25) is 14.5 Å². The smallest absolute Gasteiger partial charge is 0.305 e. The summed E-state index contributed by atoms with van der Waals surface area (Å²) in [6.45, 7) is 5.02. The normalized spacial score (nSPS) is 17.5. The Morgan fingerprint density at radius 3 is 2.86 bits per heavy atom. The van der Waals surface area contributed by atoms with Crippen LogP contribution in [0.1, 0.15) is 18.9 Å². The number of hydrogen-bond donors (Lipinski definition) is 2. The largest absolute Gasteiger partial charge is 0.491 e. The fraction of sp³-hybridized carbons (Fsp3) is 0.429. The second kappa shape index (κ2) is 9.52. The molecular weight excluding hydrogens is 360 g/mol. The van der Waals surface area contributed by atoms with E-state index in [2.05, 4.69) is 5.32 Å². The molecule has 1 unspecified atom stereocenters. The van der Waals surface area contributed by atoms with Crippen LogP contribution in [0, 0.1) is 0 Å². The number of amides is 1. The van der Waals surface area contributed by atoms with Gasteiger partial charge < -0.3 is 19.9 Å². The van der Waals surface area contributed by atoms with E-state index >= 15 is 0 Å². The third-order valence-corrected chi connectivity index (χ3v) is 4.86. The number of aliphatic carboxylic acids is 1. The summed E-state index contributed by atoms with van der Waals surface area (Å²) in [4.78, 5) is 25.4. The van der Waals surface area contributed by atoms with Gasteiger partial charge in [-0.1, -0.05) is 30.3 Å². The Balaban J connectivity index is 1.90. The molecule has 1 aliphatic rings. The van der Waals surface area contributed by atoms with E-state index < -0.39 is 12.0 Å². The van der Waals surface area contributed by atoms with E-state index in [1.165, 1.54) is 0 Å². The molecule has 150 valence electrons. The minimum Gasteiger partial charge on any atom is -0.491 e. The first-order valence-electron chi connectivity index (χ1n) is 9.55. The number of rotatable bonds is 9. The lowest BCUT2D eigenvalue weighted by Gasteiger charge is -2.34. The van der Waals surface area contributed by atoms with E-state index in [4.69, 9.17) is 9.47 Å². The van der Waals surface area contributed by atoms with Gasteiger partial charge >= 0.3 is 5.97 Å². The first-order valence-corrected chi connectivity index (χ1v) is 9.55. The Labute approximate surface area is 164 Å². The standard InChI is InChI=1S/C21H26N2O5/c1-2-27-11-12-28-19-8-7-15-5-3-4-6-16(15)17(19)14-23-10-9-22-21(26)18(23)13-20(24)25/h3-8,18H,2,9-14H2,1H3,(H,22,26)(H,24,25). The van der Waals surface area contributed by atoms with Crippen LogP contribution in [0.4, 0.5) is 0 Å². The molecule has 0 saturated carbocycles. The summed E-state index contributed by atoms with van der Waals surface area (Å²) in [6, 6.07) is 11.2. The van der Waals surface area contributed by atoms with E-state index in [1.807, 2.05) is 48.2 Å². The predicted molar refractivity (Wildman–Crippen MR) is 105 cm³/mol. The third kappa shape index (κ3) is 4.79. The molecule has 7 heteroatoms. The minimum atomic E-state index is -0.988. The molecule has 1 atom stereocenters. The highest BCUT2D eigenvalue weighted by Gasteiger charge is 2.32. The quantitative estimate of drug-likeness (QED) is 0.641. The Bertz CT molecular complexity index is 839. The minimum absolute atomic E-state index is 0.225. The van der Waals surface area contributed by atoms with E-state index in [0.717, 1.165) is 22.1 Å². The zero-order chi connectivity index (χ0) is 19.9. The van der Waals surface area contributed by atoms with Crippen LogP contribution in [-0.4, -0.2) is 60.8 Å². The lowest BCUT2D eigenvalue weighted by atomic mass is 10.0. The van der Waals surface area contributed by atoms with Crippen molar-refractivity contribution in [2.24, 2.45) is 0 Å². The molecule has 1 heterocycles. The molecule has 1 amide bonds. The van der Waals surface area contributed by atoms with Crippen LogP contribution in [0.25, 0.3) is 10.8 Å². The van der Waals surface area contributed by atoms with Crippen molar-refractivity contribution < 1.29 is 24.2 Å². The summed E-state index contributed by atoms with van der Waals surface area (Å²) in [5.74, 6) is -0.496. The molecule has 2 N–H and O–H groups in total. The number of hydrogen-bond acceptors (Lipinski definition) is 5. The van der Waals surface area contributed by atoms with Gasteiger partial charge in [0.1, 0.15) is 18.4 Å². The molecule has 0 radical (unpaired) electrons. The van der Waals surface area contributed by atoms with Gasteiger partial charge in [-0.05, 0) is 23.8 Å². The van der Waals surface area contributed by atoms with Crippen LogP contribution < -0.4 is 10.1 Å². The van der Waals surface area contributed by atoms with Gasteiger partial charge in [0.2, 0.25) is 5.91 Å². The first kappa shape index (κ1) is 20.1. The third-order valence-electron chi connectivity index (χ3n) is 4.86. The monoisotopic (exact) mass is 386 g/mol. The maximum absolute atomic E-state index is 12.3. The average molecular weight is 386 g/mol. The van der Waals surface area contributed by atoms with Gasteiger partial charge in [-0.2, -0.15) is 0 Å². The summed E-state index contributed by atoms with van der Waals surface area (Å²) >= 11 is 0. The van der Waals surface area contributed by atoms with Gasteiger partial charge in [0.25, 0.3) is 0 Å². The lowest BCUT2D eigenvalue weighted by Crippen LogP contribution is -2.55. The number of carboxylic acids is 1. The van der Waals surface area contributed by atoms with Gasteiger partial charge in [-0.25, -0.2) is 0 Å². The number of piperazine rings is 1. The van der Waals surface area contributed by atoms with Crippen molar-refractivity contribution in [3.63, 3.8) is 0 Å². The number of fused-ring (bicyclic) bond motifs is 1. The molecule has 1 aliphatic heterocycles. The molecule has 3 rings (SSSR count). The molecule has 0 spiro atoms. The van der Waals surface area contributed by atoms with Crippen LogP contribution in [0.5, 0.6) is 5.75 Å². The molecule has 7 nitrogen and oxygen atoms in total. The summed E-state index contributed by atoms with van der Waals surface area (Å²) in [6.07, 6.45) is -0.225. The van der Waals surface area contributed by atoms with E-state index in [9.17, 15) is 14.7 Å². The van der Waals surface area contributed by atoms with Crippen LogP contribution in [0.15, 0.2) is 36.4 Å². The summed E-state index contributed by atoms with van der Waals surface area (Å²) in [5, 5.41) is 14.1. The zero-order valence-electron chi connectivity index (χ0n) is 16.0. The Kier molecular flexibility index (Phi) is 6.84. The van der Waals surface area contributed by atoms with Gasteiger partial charge in [0.15, 0.2) is 0 Å². The number of benzene rings is 2.